The van der Waals surface area contributed by atoms with Crippen LogP contribution in [0.25, 0.3) is 0 Å². The van der Waals surface area contributed by atoms with E-state index in [9.17, 15) is 0 Å². The van der Waals surface area contributed by atoms with Gasteiger partial charge in [0.1, 0.15) is 0 Å². The normalized spacial score (nSPS) is 32.6. The zero-order valence-electron chi connectivity index (χ0n) is 15.2. The standard InChI is InChI=1S/C17H17.C4H6Cl2Ge.Hf/c1-12-7-3-4-10-15-11-13(2)17(16(12)15)14-8-5-6-9-14;1-3-4(5)7(3,2)6;/h3-8,10-12H,9H2,1-2H3;1-2H3;. The summed E-state index contributed by atoms with van der Waals surface area (Å²) in [6, 6.07) is 0. The third-order valence-electron chi connectivity index (χ3n) is 5.44. The molecule has 0 amide bonds. The first kappa shape index (κ1) is 19.9. The summed E-state index contributed by atoms with van der Waals surface area (Å²) in [7, 11) is 5.92. The summed E-state index contributed by atoms with van der Waals surface area (Å²) in [5.41, 5.74) is 7.87. The summed E-state index contributed by atoms with van der Waals surface area (Å²) in [5.74, 6) is 2.62. The molecule has 0 N–H and O–H groups in total. The molecule has 4 heteroatoms. The molecule has 3 unspecified atom stereocenters. The summed E-state index contributed by atoms with van der Waals surface area (Å²) in [6.07, 6.45) is 17.0. The number of hydrogen-bond acceptors (Lipinski definition) is 0. The molecule has 0 bridgehead atoms. The van der Waals surface area contributed by atoms with Crippen LogP contribution in [-0.4, -0.2) is 12.3 Å². The van der Waals surface area contributed by atoms with Crippen molar-refractivity contribution in [3.05, 3.63) is 78.7 Å². The summed E-state index contributed by atoms with van der Waals surface area (Å²) in [6.45, 7) is 6.69. The molecule has 3 aliphatic carbocycles. The zero-order chi connectivity index (χ0) is 18.4. The second-order valence-electron chi connectivity index (χ2n) is 7.16. The Morgan fingerprint density at radius 1 is 1.20 bits per heavy atom. The Hall–Kier alpha value is 0.173. The Bertz CT molecular complexity index is 805. The molecule has 0 saturated carbocycles. The van der Waals surface area contributed by atoms with Crippen molar-refractivity contribution >= 4 is 33.9 Å². The van der Waals surface area contributed by atoms with E-state index in [2.05, 4.69) is 62.1 Å². The van der Waals surface area contributed by atoms with Gasteiger partial charge in [-0.25, -0.2) is 0 Å². The minimum atomic E-state index is -1.93. The second-order valence-corrected chi connectivity index (χ2v) is 21.0. The SMILES string of the molecule is CC1=C(C2=CC=CC2)C2=C(C=CC=CC2C)[CH]1[Hf].C[C]1=[C](Cl)[Ge]1([CH3])[Cl]. The third kappa shape index (κ3) is 3.77. The van der Waals surface area contributed by atoms with Crippen LogP contribution in [0.2, 0.25) is 9.43 Å². The van der Waals surface area contributed by atoms with E-state index in [4.69, 9.17) is 21.6 Å². The van der Waals surface area contributed by atoms with E-state index in [1.165, 1.54) is 34.4 Å². The van der Waals surface area contributed by atoms with E-state index in [0.717, 1.165) is 10.3 Å². The Morgan fingerprint density at radius 2 is 1.84 bits per heavy atom. The number of hydrogen-bond donors (Lipinski definition) is 0. The van der Waals surface area contributed by atoms with E-state index < -0.39 is 12.3 Å². The number of allylic oxidation sites excluding steroid dienone is 13. The molecule has 0 fully saturated rings. The van der Waals surface area contributed by atoms with Gasteiger partial charge in [0.05, 0.1) is 0 Å². The molecule has 1 aliphatic heterocycles. The molecule has 1 heterocycles. The van der Waals surface area contributed by atoms with Crippen LogP contribution in [0.4, 0.5) is 0 Å². The second kappa shape index (κ2) is 7.66. The average molecular weight is 597 g/mol. The minimum absolute atomic E-state index is 0.542. The summed E-state index contributed by atoms with van der Waals surface area (Å²) in [4.78, 5) is 0. The molecule has 0 radical (unpaired) electrons. The fourth-order valence-corrected chi connectivity index (χ4v) is 12.5. The predicted molar refractivity (Wildman–Crippen MR) is 109 cm³/mol. The Labute approximate surface area is 178 Å². The van der Waals surface area contributed by atoms with Gasteiger partial charge < -0.3 is 0 Å². The maximum absolute atomic E-state index is 5.92. The number of rotatable bonds is 1. The Morgan fingerprint density at radius 3 is 2.36 bits per heavy atom. The molecule has 0 nitrogen and oxygen atoms in total. The van der Waals surface area contributed by atoms with Gasteiger partial charge in [0.2, 0.25) is 0 Å². The molecule has 0 saturated heterocycles. The van der Waals surface area contributed by atoms with Crippen molar-refractivity contribution in [1.29, 1.82) is 0 Å². The quantitative estimate of drug-likeness (QED) is 0.286. The summed E-state index contributed by atoms with van der Waals surface area (Å²) < 4.78 is 3.00. The van der Waals surface area contributed by atoms with Crippen molar-refractivity contribution in [2.24, 2.45) is 5.92 Å². The first-order chi connectivity index (χ1) is 11.8. The predicted octanol–water partition coefficient (Wildman–Crippen LogP) is 7.00. The fraction of sp³-hybridized carbons (Fsp3) is 0.333. The van der Waals surface area contributed by atoms with E-state index in [1.54, 1.807) is 22.3 Å². The van der Waals surface area contributed by atoms with Gasteiger partial charge in [0.25, 0.3) is 0 Å². The zero-order valence-corrected chi connectivity index (χ0v) is 22.4. The van der Waals surface area contributed by atoms with E-state index in [1.807, 2.05) is 6.92 Å². The van der Waals surface area contributed by atoms with E-state index in [0.29, 0.717) is 9.59 Å². The molecule has 129 valence electrons. The van der Waals surface area contributed by atoms with Gasteiger partial charge in [-0.3, -0.25) is 0 Å². The molecular formula is C21H23Cl2GeHf. The molecule has 4 rings (SSSR count). The third-order valence-corrected chi connectivity index (χ3v) is 19.1. The van der Waals surface area contributed by atoms with E-state index >= 15 is 0 Å². The Balaban J connectivity index is 0.000000219. The van der Waals surface area contributed by atoms with Crippen molar-refractivity contribution in [2.45, 2.75) is 36.6 Å². The molecule has 0 aromatic carbocycles. The van der Waals surface area contributed by atoms with Crippen LogP contribution < -0.4 is 0 Å². The van der Waals surface area contributed by atoms with Crippen LogP contribution >= 0.6 is 21.6 Å². The first-order valence-corrected chi connectivity index (χ1v) is 18.1. The molecule has 4 aliphatic rings. The van der Waals surface area contributed by atoms with Crippen molar-refractivity contribution in [3.8, 4) is 0 Å². The topological polar surface area (TPSA) is 0 Å². The van der Waals surface area contributed by atoms with Crippen LogP contribution in [0.1, 0.15) is 27.2 Å². The van der Waals surface area contributed by atoms with Gasteiger partial charge in [0, 0.05) is 0 Å². The van der Waals surface area contributed by atoms with Gasteiger partial charge in [-0.1, -0.05) is 0 Å². The van der Waals surface area contributed by atoms with Gasteiger partial charge in [-0.2, -0.15) is 0 Å². The fourth-order valence-electron chi connectivity index (χ4n) is 3.57. The van der Waals surface area contributed by atoms with Gasteiger partial charge in [0.15, 0.2) is 0 Å². The summed E-state index contributed by atoms with van der Waals surface area (Å²) >= 11 is 4.94. The average Bonchev–Trinajstić information content (AvgIpc) is 2.97. The van der Waals surface area contributed by atoms with Gasteiger partial charge in [-0.05, 0) is 0 Å². The van der Waals surface area contributed by atoms with Crippen LogP contribution in [0.3, 0.4) is 0 Å². The number of halogens is 2. The van der Waals surface area contributed by atoms with Crippen LogP contribution in [0.5, 0.6) is 0 Å². The molecule has 0 spiro atoms. The van der Waals surface area contributed by atoms with Crippen LogP contribution in [0.15, 0.2) is 78.7 Å². The molecular weight excluding hydrogens is 574 g/mol. The Kier molecular flexibility index (Phi) is 6.10. The van der Waals surface area contributed by atoms with Crippen LogP contribution in [0, 0.1) is 5.92 Å². The maximum atomic E-state index is 5.92. The molecule has 0 aromatic heterocycles. The van der Waals surface area contributed by atoms with Crippen molar-refractivity contribution in [3.63, 3.8) is 0 Å². The molecule has 0 aromatic rings. The van der Waals surface area contributed by atoms with Crippen molar-refractivity contribution in [2.75, 3.05) is 0 Å². The van der Waals surface area contributed by atoms with Crippen molar-refractivity contribution < 1.29 is 24.4 Å². The van der Waals surface area contributed by atoms with Crippen molar-refractivity contribution in [1.82, 2.24) is 0 Å². The van der Waals surface area contributed by atoms with Gasteiger partial charge >= 0.3 is 180 Å². The van der Waals surface area contributed by atoms with E-state index in [-0.39, 0.29) is 0 Å². The summed E-state index contributed by atoms with van der Waals surface area (Å²) in [5, 5.41) is 0. The molecule has 25 heavy (non-hydrogen) atoms. The molecule has 3 atom stereocenters. The van der Waals surface area contributed by atoms with Gasteiger partial charge in [-0.15, -0.1) is 0 Å². The monoisotopic (exact) mass is 599 g/mol. The first-order valence-electron chi connectivity index (χ1n) is 8.70. The van der Waals surface area contributed by atoms with Crippen LogP contribution in [-0.2, 0) is 24.4 Å².